The number of furan rings is 1. The van der Waals surface area contributed by atoms with Crippen molar-refractivity contribution in [2.24, 2.45) is 5.92 Å². The molecule has 6 heteroatoms. The molecule has 0 aliphatic rings. The highest BCUT2D eigenvalue weighted by Gasteiger charge is 2.23. The fraction of sp³-hybridized carbons (Fsp3) is 0.500. The van der Waals surface area contributed by atoms with Crippen LogP contribution in [-0.2, 0) is 0 Å². The summed E-state index contributed by atoms with van der Waals surface area (Å²) in [6.07, 6.45) is 5.50. The third kappa shape index (κ3) is 3.81. The van der Waals surface area contributed by atoms with Crippen LogP contribution in [-0.4, -0.2) is 38.7 Å². The molecule has 0 aliphatic carbocycles. The van der Waals surface area contributed by atoms with E-state index in [1.165, 1.54) is 0 Å². The Labute approximate surface area is 166 Å². The number of rotatable bonds is 8. The van der Waals surface area contributed by atoms with E-state index >= 15 is 0 Å². The molecule has 0 N–H and O–H groups in total. The van der Waals surface area contributed by atoms with Gasteiger partial charge in [0.15, 0.2) is 11.4 Å². The maximum Gasteiger partial charge on any atom is 0.254 e. The molecule has 0 fully saturated rings. The van der Waals surface area contributed by atoms with E-state index in [4.69, 9.17) is 9.40 Å². The predicted octanol–water partition coefficient (Wildman–Crippen LogP) is 5.17. The van der Waals surface area contributed by atoms with Gasteiger partial charge in [0, 0.05) is 19.1 Å². The van der Waals surface area contributed by atoms with Gasteiger partial charge in [-0.3, -0.25) is 4.79 Å². The molecule has 3 aromatic rings. The Bertz CT molecular complexity index is 924. The van der Waals surface area contributed by atoms with E-state index < -0.39 is 0 Å². The minimum absolute atomic E-state index is 0.0258. The lowest BCUT2D eigenvalue weighted by molar-refractivity contribution is 0.0737. The average molecular weight is 383 g/mol. The van der Waals surface area contributed by atoms with E-state index in [9.17, 15) is 4.79 Å². The molecule has 6 nitrogen and oxygen atoms in total. The molecule has 150 valence electrons. The van der Waals surface area contributed by atoms with Gasteiger partial charge in [0.1, 0.15) is 5.69 Å². The maximum absolute atomic E-state index is 13.5. The zero-order valence-electron chi connectivity index (χ0n) is 17.5. The summed E-state index contributed by atoms with van der Waals surface area (Å²) in [6.45, 7) is 11.9. The molecule has 0 aromatic carbocycles. The molecule has 3 heterocycles. The largest absolute Gasteiger partial charge is 0.463 e. The molecule has 0 saturated heterocycles. The van der Waals surface area contributed by atoms with Gasteiger partial charge in [0.05, 0.1) is 23.4 Å². The van der Waals surface area contributed by atoms with Crippen molar-refractivity contribution in [3.05, 3.63) is 36.2 Å². The minimum atomic E-state index is 0.0258. The van der Waals surface area contributed by atoms with Crippen LogP contribution in [0.25, 0.3) is 22.5 Å². The molecular formula is C22H30N4O2. The van der Waals surface area contributed by atoms with Crippen molar-refractivity contribution in [1.29, 1.82) is 0 Å². The Balaban J connectivity index is 2.11. The summed E-state index contributed by atoms with van der Waals surface area (Å²) in [7, 11) is 0. The Morgan fingerprint density at radius 3 is 2.57 bits per heavy atom. The Morgan fingerprint density at radius 1 is 1.25 bits per heavy atom. The number of hydrogen-bond acceptors (Lipinski definition) is 4. The first-order valence-corrected chi connectivity index (χ1v) is 10.2. The molecule has 3 aromatic heterocycles. The molecule has 28 heavy (non-hydrogen) atoms. The summed E-state index contributed by atoms with van der Waals surface area (Å²) in [5.41, 5.74) is 2.00. The van der Waals surface area contributed by atoms with Crippen molar-refractivity contribution in [3.8, 4) is 11.5 Å². The quantitative estimate of drug-likeness (QED) is 0.539. The second-order valence-corrected chi connectivity index (χ2v) is 7.48. The third-order valence-corrected chi connectivity index (χ3v) is 5.36. The third-order valence-electron chi connectivity index (χ3n) is 5.36. The van der Waals surface area contributed by atoms with Crippen LogP contribution < -0.4 is 0 Å². The predicted molar refractivity (Wildman–Crippen MR) is 111 cm³/mol. The lowest BCUT2D eigenvalue weighted by atomic mass is 10.0. The van der Waals surface area contributed by atoms with E-state index in [1.807, 2.05) is 34.7 Å². The lowest BCUT2D eigenvalue weighted by Gasteiger charge is -2.26. The van der Waals surface area contributed by atoms with Gasteiger partial charge < -0.3 is 9.32 Å². The van der Waals surface area contributed by atoms with Gasteiger partial charge in [-0.2, -0.15) is 5.10 Å². The molecule has 1 amide bonds. The van der Waals surface area contributed by atoms with Crippen molar-refractivity contribution in [1.82, 2.24) is 19.7 Å². The van der Waals surface area contributed by atoms with E-state index in [2.05, 4.69) is 32.8 Å². The summed E-state index contributed by atoms with van der Waals surface area (Å²) >= 11 is 0. The number of amides is 1. The highest BCUT2D eigenvalue weighted by atomic mass is 16.3. The zero-order chi connectivity index (χ0) is 20.3. The first-order valence-electron chi connectivity index (χ1n) is 10.2. The molecular weight excluding hydrogens is 352 g/mol. The van der Waals surface area contributed by atoms with Crippen LogP contribution in [0, 0.1) is 5.92 Å². The van der Waals surface area contributed by atoms with Gasteiger partial charge in [-0.1, -0.05) is 26.7 Å². The van der Waals surface area contributed by atoms with Crippen molar-refractivity contribution >= 4 is 16.9 Å². The Hall–Kier alpha value is -2.63. The number of fused-ring (bicyclic) bond motifs is 1. The molecule has 0 unspecified atom stereocenters. The number of aromatic nitrogens is 3. The van der Waals surface area contributed by atoms with Crippen molar-refractivity contribution in [2.75, 3.05) is 13.1 Å². The van der Waals surface area contributed by atoms with Gasteiger partial charge in [-0.25, -0.2) is 9.67 Å². The van der Waals surface area contributed by atoms with Crippen LogP contribution in [0.1, 0.15) is 63.9 Å². The van der Waals surface area contributed by atoms with Crippen molar-refractivity contribution in [2.45, 2.75) is 53.5 Å². The van der Waals surface area contributed by atoms with E-state index in [0.29, 0.717) is 35.1 Å². The summed E-state index contributed by atoms with van der Waals surface area (Å²) in [4.78, 5) is 20.2. The molecule has 0 aliphatic heterocycles. The second kappa shape index (κ2) is 8.59. The smallest absolute Gasteiger partial charge is 0.254 e. The van der Waals surface area contributed by atoms with Crippen LogP contribution >= 0.6 is 0 Å². The fourth-order valence-electron chi connectivity index (χ4n) is 3.51. The SMILES string of the molecule is CCC(CC)CN(CC)C(=O)c1cc(-c2ccco2)nc2c1cnn2C(C)C. The highest BCUT2D eigenvalue weighted by Crippen LogP contribution is 2.28. The Morgan fingerprint density at radius 2 is 2.00 bits per heavy atom. The van der Waals surface area contributed by atoms with Crippen LogP contribution in [0.15, 0.2) is 35.1 Å². The van der Waals surface area contributed by atoms with Gasteiger partial charge in [-0.15, -0.1) is 0 Å². The highest BCUT2D eigenvalue weighted by molar-refractivity contribution is 6.06. The normalized spacial score (nSPS) is 11.7. The van der Waals surface area contributed by atoms with E-state index in [0.717, 1.165) is 24.8 Å². The van der Waals surface area contributed by atoms with E-state index in [1.54, 1.807) is 12.5 Å². The molecule has 0 bridgehead atoms. The van der Waals surface area contributed by atoms with Gasteiger partial charge in [0.2, 0.25) is 0 Å². The summed E-state index contributed by atoms with van der Waals surface area (Å²) in [5.74, 6) is 1.18. The monoisotopic (exact) mass is 382 g/mol. The van der Waals surface area contributed by atoms with Crippen molar-refractivity contribution in [3.63, 3.8) is 0 Å². The summed E-state index contributed by atoms with van der Waals surface area (Å²) in [6, 6.07) is 5.67. The second-order valence-electron chi connectivity index (χ2n) is 7.48. The number of pyridine rings is 1. The molecule has 3 rings (SSSR count). The van der Waals surface area contributed by atoms with Crippen LogP contribution in [0.3, 0.4) is 0 Å². The molecule has 0 radical (unpaired) electrons. The topological polar surface area (TPSA) is 64.2 Å². The van der Waals surface area contributed by atoms with Crippen LogP contribution in [0.4, 0.5) is 0 Å². The van der Waals surface area contributed by atoms with Gasteiger partial charge in [0.25, 0.3) is 5.91 Å². The first-order chi connectivity index (χ1) is 13.5. The van der Waals surface area contributed by atoms with E-state index in [-0.39, 0.29) is 11.9 Å². The van der Waals surface area contributed by atoms with Gasteiger partial charge in [-0.05, 0) is 44.9 Å². The Kier molecular flexibility index (Phi) is 6.17. The molecule has 0 spiro atoms. The summed E-state index contributed by atoms with van der Waals surface area (Å²) < 4.78 is 7.41. The van der Waals surface area contributed by atoms with Crippen molar-refractivity contribution < 1.29 is 9.21 Å². The first kappa shape index (κ1) is 20.1. The zero-order valence-corrected chi connectivity index (χ0v) is 17.5. The molecule has 0 atom stereocenters. The molecule has 0 saturated carbocycles. The number of hydrogen-bond donors (Lipinski definition) is 0. The number of nitrogens with zero attached hydrogens (tertiary/aromatic N) is 4. The summed E-state index contributed by atoms with van der Waals surface area (Å²) in [5, 5.41) is 5.28. The lowest BCUT2D eigenvalue weighted by Crippen LogP contribution is -2.35. The van der Waals surface area contributed by atoms with Crippen LogP contribution in [0.5, 0.6) is 0 Å². The minimum Gasteiger partial charge on any atom is -0.463 e. The van der Waals surface area contributed by atoms with Gasteiger partial charge >= 0.3 is 0 Å². The van der Waals surface area contributed by atoms with Crippen LogP contribution in [0.2, 0.25) is 0 Å². The maximum atomic E-state index is 13.5. The fourth-order valence-corrected chi connectivity index (χ4v) is 3.51. The number of carbonyl (C=O) groups excluding carboxylic acids is 1. The number of carbonyl (C=O) groups is 1. The standard InChI is InChI=1S/C22H30N4O2/c1-6-16(7-2)14-25(8-3)22(27)17-12-19(20-10-9-11-28-20)24-21-18(17)13-23-26(21)15(4)5/h9-13,15-16H,6-8,14H2,1-5H3. The average Bonchev–Trinajstić information content (AvgIpc) is 3.37.